The number of esters is 1. The Hall–Kier alpha value is -3.39. The second kappa shape index (κ2) is 8.77. The molecule has 31 heavy (non-hydrogen) atoms. The molecule has 8 nitrogen and oxygen atoms in total. The van der Waals surface area contributed by atoms with Crippen LogP contribution in [-0.4, -0.2) is 61.8 Å². The number of H-pyrrole nitrogens is 1. The molecule has 1 aromatic carbocycles. The molecule has 2 N–H and O–H groups in total. The predicted molar refractivity (Wildman–Crippen MR) is 112 cm³/mol. The molecule has 0 aliphatic carbocycles. The van der Waals surface area contributed by atoms with Gasteiger partial charge >= 0.3 is 5.97 Å². The van der Waals surface area contributed by atoms with Crippen molar-refractivity contribution in [3.63, 3.8) is 0 Å². The Morgan fingerprint density at radius 2 is 1.84 bits per heavy atom. The van der Waals surface area contributed by atoms with E-state index in [-0.39, 0.29) is 16.8 Å². The lowest BCUT2D eigenvalue weighted by molar-refractivity contribution is -0.857. The zero-order valence-electron chi connectivity index (χ0n) is 18.4. The quantitative estimate of drug-likeness (QED) is 0.288. The number of hydrogen-bond acceptors (Lipinski definition) is 5. The van der Waals surface area contributed by atoms with E-state index in [1.807, 2.05) is 32.3 Å². The second-order valence-corrected chi connectivity index (χ2v) is 7.96. The molecule has 2 aromatic rings. The predicted octanol–water partition coefficient (Wildman–Crippen LogP) is -0.213. The number of aromatic amines is 1. The van der Waals surface area contributed by atoms with Gasteiger partial charge in [0.25, 0.3) is 5.91 Å². The molecular weight excluding hydrogens is 398 g/mol. The van der Waals surface area contributed by atoms with Gasteiger partial charge in [0, 0.05) is 11.3 Å². The minimum Gasteiger partial charge on any atom is -0.872 e. The molecule has 1 aliphatic heterocycles. The lowest BCUT2D eigenvalue weighted by Gasteiger charge is -2.28. The summed E-state index contributed by atoms with van der Waals surface area (Å²) >= 11 is 0. The molecule has 8 heteroatoms. The number of aryl methyl sites for hydroxylation is 1. The third-order valence-electron chi connectivity index (χ3n) is 5.55. The third kappa shape index (κ3) is 3.98. The van der Waals surface area contributed by atoms with Crippen LogP contribution in [0.3, 0.4) is 0 Å². The summed E-state index contributed by atoms with van der Waals surface area (Å²) in [5.41, 5.74) is 1.82. The van der Waals surface area contributed by atoms with E-state index in [4.69, 9.17) is 4.74 Å². The molecule has 1 atom stereocenters. The number of aromatic nitrogens is 1. The fourth-order valence-electron chi connectivity index (χ4n) is 3.96. The molecule has 0 radical (unpaired) electrons. The fraction of sp³-hybridized carbons (Fsp3) is 0.348. The van der Waals surface area contributed by atoms with Crippen molar-refractivity contribution in [2.45, 2.75) is 19.9 Å². The summed E-state index contributed by atoms with van der Waals surface area (Å²) in [4.78, 5) is 43.4. The van der Waals surface area contributed by atoms with Crippen LogP contribution in [0.1, 0.15) is 38.9 Å². The number of amides is 1. The molecule has 2 heterocycles. The number of carbonyl (C=O) groups is 3. The van der Waals surface area contributed by atoms with Crippen LogP contribution < -0.4 is 10.0 Å². The van der Waals surface area contributed by atoms with Crippen molar-refractivity contribution in [1.82, 2.24) is 9.88 Å². The van der Waals surface area contributed by atoms with E-state index in [1.54, 1.807) is 26.0 Å². The number of nitrogens with one attached hydrogen (secondary N) is 2. The Kier molecular flexibility index (Phi) is 6.31. The van der Waals surface area contributed by atoms with Crippen LogP contribution in [0.5, 0.6) is 0 Å². The molecule has 0 bridgehead atoms. The van der Waals surface area contributed by atoms with Crippen LogP contribution in [-0.2, 0) is 14.3 Å². The smallest absolute Gasteiger partial charge is 0.354 e. The van der Waals surface area contributed by atoms with E-state index >= 15 is 0 Å². The number of nitrogens with zero attached hydrogens (tertiary/aromatic N) is 1. The molecule has 1 aromatic heterocycles. The molecule has 1 fully saturated rings. The first-order chi connectivity index (χ1) is 14.7. The number of methoxy groups -OCH3 is 1. The Morgan fingerprint density at radius 3 is 2.42 bits per heavy atom. The van der Waals surface area contributed by atoms with Crippen LogP contribution in [0.25, 0.3) is 5.76 Å². The number of ether oxygens (including phenoxy) is 1. The largest absolute Gasteiger partial charge is 0.872 e. The lowest BCUT2D eigenvalue weighted by atomic mass is 9.94. The lowest BCUT2D eigenvalue weighted by Crippen LogP contribution is -3.06. The van der Waals surface area contributed by atoms with Gasteiger partial charge in [0.1, 0.15) is 5.69 Å². The number of carbonyl (C=O) groups excluding carboxylic acids is 3. The maximum absolute atomic E-state index is 13.6. The van der Waals surface area contributed by atoms with Crippen LogP contribution in [0.2, 0.25) is 0 Å². The standard InChI is InChI=1S/C23H27N3O5/c1-13-16(14(2)24-18(13)23(30)31-5)20(27)17-19(15-9-7-6-8-10-15)26(12-11-25(3)4)22(29)21(17)28/h6-10,19,24,27H,11-12H2,1-5H3. The van der Waals surface area contributed by atoms with Crippen molar-refractivity contribution in [3.05, 3.63) is 64.0 Å². The minimum atomic E-state index is -0.799. The highest BCUT2D eigenvalue weighted by molar-refractivity contribution is 6.46. The Labute approximate surface area is 181 Å². The van der Waals surface area contributed by atoms with Gasteiger partial charge in [-0.25, -0.2) is 4.79 Å². The van der Waals surface area contributed by atoms with Crippen LogP contribution in [0.4, 0.5) is 0 Å². The Balaban J connectivity index is 2.20. The van der Waals surface area contributed by atoms with Crippen LogP contribution in [0, 0.1) is 13.8 Å². The number of benzene rings is 1. The average Bonchev–Trinajstić information content (AvgIpc) is 3.18. The summed E-state index contributed by atoms with van der Waals surface area (Å²) in [6.07, 6.45) is 0. The topological polar surface area (TPSA) is 107 Å². The molecule has 3 rings (SSSR count). The van der Waals surface area contributed by atoms with E-state index in [0.29, 0.717) is 29.9 Å². The maximum atomic E-state index is 13.6. The van der Waals surface area contributed by atoms with Gasteiger partial charge in [-0.2, -0.15) is 0 Å². The molecule has 1 amide bonds. The number of ketones is 1. The monoisotopic (exact) mass is 425 g/mol. The molecule has 0 saturated carbocycles. The van der Waals surface area contributed by atoms with E-state index in [1.165, 1.54) is 12.0 Å². The molecule has 1 aliphatic rings. The van der Waals surface area contributed by atoms with Crippen molar-refractivity contribution in [2.24, 2.45) is 0 Å². The summed E-state index contributed by atoms with van der Waals surface area (Å²) in [6, 6.07) is 8.28. The zero-order chi connectivity index (χ0) is 22.9. The first-order valence-electron chi connectivity index (χ1n) is 10.1. The summed E-state index contributed by atoms with van der Waals surface area (Å²) in [5.74, 6) is -2.63. The van der Waals surface area contributed by atoms with Gasteiger partial charge in [-0.15, -0.1) is 0 Å². The van der Waals surface area contributed by atoms with Gasteiger partial charge in [-0.3, -0.25) is 9.59 Å². The van der Waals surface area contributed by atoms with Gasteiger partial charge < -0.3 is 24.6 Å². The van der Waals surface area contributed by atoms with Gasteiger partial charge in [-0.05, 0) is 30.5 Å². The highest BCUT2D eigenvalue weighted by atomic mass is 16.5. The maximum Gasteiger partial charge on any atom is 0.354 e. The van der Waals surface area contributed by atoms with Crippen molar-refractivity contribution in [1.29, 1.82) is 0 Å². The number of hydrogen-bond donors (Lipinski definition) is 2. The number of quaternary nitrogens is 1. The first-order valence-corrected chi connectivity index (χ1v) is 10.1. The van der Waals surface area contributed by atoms with Crippen molar-refractivity contribution < 1.29 is 29.1 Å². The Bertz CT molecular complexity index is 1050. The van der Waals surface area contributed by atoms with Gasteiger partial charge in [-0.1, -0.05) is 36.1 Å². The highest BCUT2D eigenvalue weighted by Crippen LogP contribution is 2.39. The van der Waals surface area contributed by atoms with Crippen LogP contribution >= 0.6 is 0 Å². The highest BCUT2D eigenvalue weighted by Gasteiger charge is 2.44. The van der Waals surface area contributed by atoms with E-state index in [9.17, 15) is 19.5 Å². The SMILES string of the molecule is COC(=O)c1[nH]c(C)c(C([O-])=C2C(=O)C(=O)N(CC[NH+](C)C)C2c2ccccc2)c1C. The number of rotatable bonds is 6. The molecule has 0 spiro atoms. The molecule has 1 saturated heterocycles. The van der Waals surface area contributed by atoms with Crippen molar-refractivity contribution >= 4 is 23.4 Å². The number of likely N-dealkylation sites (tertiary alicyclic amines) is 1. The van der Waals surface area contributed by atoms with E-state index in [0.717, 1.165) is 4.90 Å². The Morgan fingerprint density at radius 1 is 1.19 bits per heavy atom. The first kappa shape index (κ1) is 22.3. The molecular formula is C23H27N3O5. The minimum absolute atomic E-state index is 0.0911. The van der Waals surface area contributed by atoms with Gasteiger partial charge in [0.15, 0.2) is 0 Å². The van der Waals surface area contributed by atoms with Crippen LogP contribution in [0.15, 0.2) is 35.9 Å². The molecule has 164 valence electrons. The summed E-state index contributed by atoms with van der Waals surface area (Å²) in [6.45, 7) is 4.23. The van der Waals surface area contributed by atoms with E-state index < -0.39 is 29.5 Å². The second-order valence-electron chi connectivity index (χ2n) is 7.96. The fourth-order valence-corrected chi connectivity index (χ4v) is 3.96. The summed E-state index contributed by atoms with van der Waals surface area (Å²) in [7, 11) is 5.16. The number of Topliss-reactive ketones (excluding diaryl/α,β-unsaturated/α-hetero) is 1. The van der Waals surface area contributed by atoms with Crippen molar-refractivity contribution in [2.75, 3.05) is 34.3 Å². The van der Waals surface area contributed by atoms with Crippen molar-refractivity contribution in [3.8, 4) is 0 Å². The third-order valence-corrected chi connectivity index (χ3v) is 5.55. The van der Waals surface area contributed by atoms with Gasteiger partial charge in [0.2, 0.25) is 5.78 Å². The molecule has 1 unspecified atom stereocenters. The van der Waals surface area contributed by atoms with E-state index in [2.05, 4.69) is 4.98 Å². The zero-order valence-corrected chi connectivity index (χ0v) is 18.4. The van der Waals surface area contributed by atoms with Gasteiger partial charge in [0.05, 0.1) is 40.3 Å². The average molecular weight is 425 g/mol. The summed E-state index contributed by atoms with van der Waals surface area (Å²) in [5, 5.41) is 13.6. The normalized spacial score (nSPS) is 18.1. The number of likely N-dealkylation sites (N-methyl/N-ethyl adjacent to an activating group) is 1. The summed E-state index contributed by atoms with van der Waals surface area (Å²) < 4.78 is 4.77.